The Morgan fingerprint density at radius 3 is 2.60 bits per heavy atom. The molecule has 0 fully saturated rings. The third kappa shape index (κ3) is 1.97. The summed E-state index contributed by atoms with van der Waals surface area (Å²) in [6.45, 7) is 4.27. The zero-order valence-corrected chi connectivity index (χ0v) is 11.4. The van der Waals surface area contributed by atoms with Crippen molar-refractivity contribution < 1.29 is 0 Å². The maximum atomic E-state index is 5.50. The molecule has 0 amide bonds. The highest BCUT2D eigenvalue weighted by atomic mass is 15.1. The normalized spacial score (nSPS) is 12.7. The van der Waals surface area contributed by atoms with Crippen LogP contribution in [0.25, 0.3) is 22.4 Å². The van der Waals surface area contributed by atoms with Crippen LogP contribution in [0.1, 0.15) is 26.3 Å². The molecule has 7 heteroatoms. The number of nitrogen functional groups attached to an aromatic ring is 1. The van der Waals surface area contributed by atoms with E-state index in [1.165, 1.54) is 6.33 Å². The molecule has 0 saturated heterocycles. The summed E-state index contributed by atoms with van der Waals surface area (Å²) in [6.07, 6.45) is 7.64. The van der Waals surface area contributed by atoms with E-state index in [1.807, 2.05) is 0 Å². The van der Waals surface area contributed by atoms with Crippen LogP contribution in [0, 0.1) is 0 Å². The number of rotatable bonds is 3. The van der Waals surface area contributed by atoms with Crippen LogP contribution in [0.4, 0.5) is 5.95 Å². The third-order valence-corrected chi connectivity index (χ3v) is 3.37. The molecule has 0 aliphatic carbocycles. The molecule has 102 valence electrons. The Kier molecular flexibility index (Phi) is 3.02. The minimum Gasteiger partial charge on any atom is -0.368 e. The van der Waals surface area contributed by atoms with Crippen LogP contribution in [0.5, 0.6) is 0 Å². The van der Waals surface area contributed by atoms with Crippen molar-refractivity contribution in [1.82, 2.24) is 29.5 Å². The summed E-state index contributed by atoms with van der Waals surface area (Å²) in [5.74, 6) is 0.240. The van der Waals surface area contributed by atoms with Crippen LogP contribution in [0.3, 0.4) is 0 Å². The van der Waals surface area contributed by atoms with Crippen molar-refractivity contribution in [3.63, 3.8) is 0 Å². The summed E-state index contributed by atoms with van der Waals surface area (Å²) in [5.41, 5.74) is 8.57. The SMILES string of the molecule is CCC(C)n1cnc2c(-c3cnc(N)nc3)ncnc21. The highest BCUT2D eigenvalue weighted by Gasteiger charge is 2.14. The summed E-state index contributed by atoms with van der Waals surface area (Å²) >= 11 is 0. The fourth-order valence-corrected chi connectivity index (χ4v) is 2.04. The van der Waals surface area contributed by atoms with Gasteiger partial charge in [0.25, 0.3) is 0 Å². The summed E-state index contributed by atoms with van der Waals surface area (Å²) in [5, 5.41) is 0. The maximum Gasteiger partial charge on any atom is 0.219 e. The topological polar surface area (TPSA) is 95.4 Å². The number of imidazole rings is 1. The first kappa shape index (κ1) is 12.5. The fraction of sp³-hybridized carbons (Fsp3) is 0.308. The highest BCUT2D eigenvalue weighted by molar-refractivity contribution is 5.86. The van der Waals surface area contributed by atoms with Gasteiger partial charge < -0.3 is 10.3 Å². The van der Waals surface area contributed by atoms with E-state index >= 15 is 0 Å². The van der Waals surface area contributed by atoms with Gasteiger partial charge >= 0.3 is 0 Å². The van der Waals surface area contributed by atoms with E-state index < -0.39 is 0 Å². The summed E-state index contributed by atoms with van der Waals surface area (Å²) < 4.78 is 2.05. The molecule has 3 aromatic heterocycles. The zero-order valence-electron chi connectivity index (χ0n) is 11.4. The second-order valence-electron chi connectivity index (χ2n) is 4.63. The van der Waals surface area contributed by atoms with Gasteiger partial charge in [-0.15, -0.1) is 0 Å². The molecule has 0 spiro atoms. The molecule has 0 aliphatic heterocycles. The van der Waals surface area contributed by atoms with E-state index in [0.29, 0.717) is 6.04 Å². The van der Waals surface area contributed by atoms with Gasteiger partial charge in [-0.25, -0.2) is 24.9 Å². The van der Waals surface area contributed by atoms with Crippen molar-refractivity contribution >= 4 is 17.1 Å². The Morgan fingerprint density at radius 2 is 1.90 bits per heavy atom. The van der Waals surface area contributed by atoms with E-state index in [0.717, 1.165) is 28.8 Å². The van der Waals surface area contributed by atoms with E-state index in [2.05, 4.69) is 43.3 Å². The highest BCUT2D eigenvalue weighted by Crippen LogP contribution is 2.25. The number of nitrogens with zero attached hydrogens (tertiary/aromatic N) is 6. The fourth-order valence-electron chi connectivity index (χ4n) is 2.04. The molecule has 20 heavy (non-hydrogen) atoms. The molecule has 1 unspecified atom stereocenters. The lowest BCUT2D eigenvalue weighted by Gasteiger charge is -2.10. The first-order valence-electron chi connectivity index (χ1n) is 6.46. The standard InChI is InChI=1S/C13H15N7/c1-3-8(2)20-7-19-11-10(17-6-18-12(11)20)9-4-15-13(14)16-5-9/h4-8H,3H2,1-2H3,(H2,14,15,16). The van der Waals surface area contributed by atoms with Gasteiger partial charge in [-0.05, 0) is 13.3 Å². The van der Waals surface area contributed by atoms with Gasteiger partial charge in [0.1, 0.15) is 17.5 Å². The van der Waals surface area contributed by atoms with Gasteiger partial charge in [0.2, 0.25) is 5.95 Å². The van der Waals surface area contributed by atoms with Crippen LogP contribution in [-0.2, 0) is 0 Å². The van der Waals surface area contributed by atoms with Crippen LogP contribution < -0.4 is 5.73 Å². The summed E-state index contributed by atoms with van der Waals surface area (Å²) in [7, 11) is 0. The molecule has 2 N–H and O–H groups in total. The molecule has 0 saturated carbocycles. The first-order valence-corrected chi connectivity index (χ1v) is 6.46. The quantitative estimate of drug-likeness (QED) is 0.779. The van der Waals surface area contributed by atoms with Gasteiger partial charge in [-0.3, -0.25) is 0 Å². The molecule has 7 nitrogen and oxygen atoms in total. The lowest BCUT2D eigenvalue weighted by atomic mass is 10.2. The molecule has 0 radical (unpaired) electrons. The van der Waals surface area contributed by atoms with E-state index in [9.17, 15) is 0 Å². The molecule has 3 heterocycles. The smallest absolute Gasteiger partial charge is 0.219 e. The third-order valence-electron chi connectivity index (χ3n) is 3.37. The van der Waals surface area contributed by atoms with Crippen molar-refractivity contribution in [2.24, 2.45) is 0 Å². The number of fused-ring (bicyclic) bond motifs is 1. The van der Waals surface area contributed by atoms with Crippen LogP contribution in [-0.4, -0.2) is 29.5 Å². The molecular weight excluding hydrogens is 254 g/mol. The lowest BCUT2D eigenvalue weighted by molar-refractivity contribution is 0.541. The van der Waals surface area contributed by atoms with Gasteiger partial charge in [0, 0.05) is 24.0 Å². The van der Waals surface area contributed by atoms with Crippen LogP contribution in [0.2, 0.25) is 0 Å². The van der Waals surface area contributed by atoms with Gasteiger partial charge in [-0.2, -0.15) is 0 Å². The van der Waals surface area contributed by atoms with E-state index in [-0.39, 0.29) is 5.95 Å². The maximum absolute atomic E-state index is 5.50. The number of nitrogens with two attached hydrogens (primary N) is 1. The minimum atomic E-state index is 0.240. The molecule has 0 bridgehead atoms. The molecule has 3 aromatic rings. The van der Waals surface area contributed by atoms with Crippen molar-refractivity contribution in [1.29, 1.82) is 0 Å². The Balaban J connectivity index is 2.17. The monoisotopic (exact) mass is 269 g/mol. The number of hydrogen-bond acceptors (Lipinski definition) is 6. The number of hydrogen-bond donors (Lipinski definition) is 1. The minimum absolute atomic E-state index is 0.240. The second kappa shape index (κ2) is 4.84. The van der Waals surface area contributed by atoms with Crippen molar-refractivity contribution in [3.05, 3.63) is 25.0 Å². The van der Waals surface area contributed by atoms with Crippen molar-refractivity contribution in [3.8, 4) is 11.3 Å². The number of aromatic nitrogens is 6. The zero-order chi connectivity index (χ0) is 14.1. The predicted molar refractivity (Wildman–Crippen MR) is 75.8 cm³/mol. The Morgan fingerprint density at radius 1 is 1.15 bits per heavy atom. The molecule has 0 aliphatic rings. The van der Waals surface area contributed by atoms with Gasteiger partial charge in [0.15, 0.2) is 5.65 Å². The van der Waals surface area contributed by atoms with E-state index in [1.54, 1.807) is 18.7 Å². The first-order chi connectivity index (χ1) is 9.70. The average Bonchev–Trinajstić information content (AvgIpc) is 2.91. The Hall–Kier alpha value is -2.57. The summed E-state index contributed by atoms with van der Waals surface area (Å²) in [4.78, 5) is 21.1. The van der Waals surface area contributed by atoms with Crippen LogP contribution in [0.15, 0.2) is 25.0 Å². The number of anilines is 1. The molecule has 3 rings (SSSR count). The van der Waals surface area contributed by atoms with Crippen molar-refractivity contribution in [2.45, 2.75) is 26.3 Å². The molecule has 0 aromatic carbocycles. The average molecular weight is 269 g/mol. The van der Waals surface area contributed by atoms with Gasteiger partial charge in [0.05, 0.1) is 6.33 Å². The predicted octanol–water partition coefficient (Wildman–Crippen LogP) is 1.84. The van der Waals surface area contributed by atoms with Crippen LogP contribution >= 0.6 is 0 Å². The summed E-state index contributed by atoms with van der Waals surface area (Å²) in [6, 6.07) is 0.338. The van der Waals surface area contributed by atoms with Gasteiger partial charge in [-0.1, -0.05) is 6.92 Å². The largest absolute Gasteiger partial charge is 0.368 e. The second-order valence-corrected chi connectivity index (χ2v) is 4.63. The Labute approximate surface area is 115 Å². The Bertz CT molecular complexity index is 732. The van der Waals surface area contributed by atoms with E-state index in [4.69, 9.17) is 5.73 Å². The lowest BCUT2D eigenvalue weighted by Crippen LogP contribution is -2.03. The molecular formula is C13H15N7. The molecule has 1 atom stereocenters. The van der Waals surface area contributed by atoms with Crippen molar-refractivity contribution in [2.75, 3.05) is 5.73 Å².